The van der Waals surface area contributed by atoms with Crippen LogP contribution in [0.15, 0.2) is 72.8 Å². The molecule has 0 heteroatoms. The zero-order valence-corrected chi connectivity index (χ0v) is 21.9. The SMILES string of the molecule is C.C.CC.CC.CC.Cc1ccc(C)cc1.Cc1cccc(C)c1.Cc1ccccc1C. The van der Waals surface area contributed by atoms with E-state index in [4.69, 9.17) is 0 Å². The van der Waals surface area contributed by atoms with Gasteiger partial charge < -0.3 is 0 Å². The van der Waals surface area contributed by atoms with Crippen LogP contribution in [0.4, 0.5) is 0 Å². The summed E-state index contributed by atoms with van der Waals surface area (Å²) in [7, 11) is 0. The van der Waals surface area contributed by atoms with E-state index < -0.39 is 0 Å². The molecule has 0 aliphatic rings. The van der Waals surface area contributed by atoms with Gasteiger partial charge in [0.05, 0.1) is 0 Å². The highest BCUT2D eigenvalue weighted by Gasteiger charge is 1.84. The molecule has 0 aliphatic heterocycles. The molecule has 0 aliphatic carbocycles. The quantitative estimate of drug-likeness (QED) is 0.326. The fourth-order valence-electron chi connectivity index (χ4n) is 2.11. The zero-order chi connectivity index (χ0) is 23.9. The van der Waals surface area contributed by atoms with Gasteiger partial charge in [0.25, 0.3) is 0 Å². The Balaban J connectivity index is -0.0000000990. The van der Waals surface area contributed by atoms with Crippen LogP contribution in [0.3, 0.4) is 0 Å². The van der Waals surface area contributed by atoms with Gasteiger partial charge in [0.1, 0.15) is 0 Å². The Morgan fingerprint density at radius 3 is 0.812 bits per heavy atom. The van der Waals surface area contributed by atoms with Gasteiger partial charge >= 0.3 is 0 Å². The van der Waals surface area contributed by atoms with Crippen molar-refractivity contribution >= 4 is 0 Å². The fourth-order valence-corrected chi connectivity index (χ4v) is 2.11. The topological polar surface area (TPSA) is 0 Å². The van der Waals surface area contributed by atoms with Crippen molar-refractivity contribution in [2.45, 2.75) is 97.9 Å². The Hall–Kier alpha value is -2.34. The molecule has 3 rings (SSSR count). The minimum Gasteiger partial charge on any atom is -0.0776 e. The molecule has 0 bridgehead atoms. The molecule has 0 nitrogen and oxygen atoms in total. The van der Waals surface area contributed by atoms with Crippen LogP contribution in [-0.2, 0) is 0 Å². The minimum atomic E-state index is 0. The highest BCUT2D eigenvalue weighted by molar-refractivity contribution is 5.23. The second kappa shape index (κ2) is 28.7. The first-order valence-electron chi connectivity index (χ1n) is 11.5. The maximum Gasteiger partial charge on any atom is -0.0395 e. The molecule has 0 fully saturated rings. The summed E-state index contributed by atoms with van der Waals surface area (Å²) in [5.74, 6) is 0. The van der Waals surface area contributed by atoms with Crippen LogP contribution in [0.2, 0.25) is 0 Å². The number of aryl methyl sites for hydroxylation is 6. The molecule has 3 aromatic carbocycles. The van der Waals surface area contributed by atoms with E-state index in [1.54, 1.807) is 0 Å². The molecule has 0 aromatic heterocycles. The Morgan fingerprint density at radius 2 is 0.625 bits per heavy atom. The molecule has 0 radical (unpaired) electrons. The van der Waals surface area contributed by atoms with Gasteiger partial charge in [0, 0.05) is 0 Å². The maximum absolute atomic E-state index is 2.17. The Kier molecular flexibility index (Phi) is 35.9. The zero-order valence-electron chi connectivity index (χ0n) is 21.9. The summed E-state index contributed by atoms with van der Waals surface area (Å²) in [6.07, 6.45) is 0. The van der Waals surface area contributed by atoms with Crippen LogP contribution in [-0.4, -0.2) is 0 Å². The first-order chi connectivity index (χ1) is 14.4. The molecule has 3 aromatic rings. The van der Waals surface area contributed by atoms with E-state index >= 15 is 0 Å². The van der Waals surface area contributed by atoms with Crippen molar-refractivity contribution < 1.29 is 0 Å². The van der Waals surface area contributed by atoms with Crippen LogP contribution in [0.25, 0.3) is 0 Å². The first kappa shape index (κ1) is 40.1. The van der Waals surface area contributed by atoms with Crippen LogP contribution < -0.4 is 0 Å². The molecule has 0 saturated carbocycles. The summed E-state index contributed by atoms with van der Waals surface area (Å²) in [6, 6.07) is 25.3. The van der Waals surface area contributed by atoms with Crippen LogP contribution in [0, 0.1) is 41.5 Å². The normalized spacial score (nSPS) is 7.50. The monoisotopic (exact) mass is 440 g/mol. The highest BCUT2D eigenvalue weighted by atomic mass is 13.9. The lowest BCUT2D eigenvalue weighted by atomic mass is 10.1. The molecule has 184 valence electrons. The van der Waals surface area contributed by atoms with Gasteiger partial charge in [-0.15, -0.1) is 0 Å². The Bertz CT molecular complexity index is 662. The average Bonchev–Trinajstić information content (AvgIpc) is 2.77. The lowest BCUT2D eigenvalue weighted by Crippen LogP contribution is -1.74. The standard InChI is InChI=1S/3C8H10.3C2H6.2CH4/c1-7-3-5-8(2)6-4-7;1-7-4-3-5-8(2)6-7;1-7-5-3-4-6-8(7)2;3*1-2;;/h3*3-6H,1-2H3;3*1-2H3;2*1H4. The highest BCUT2D eigenvalue weighted by Crippen LogP contribution is 2.03. The third kappa shape index (κ3) is 23.9. The first-order valence-corrected chi connectivity index (χ1v) is 11.5. The lowest BCUT2D eigenvalue weighted by molar-refractivity contribution is 1.34. The van der Waals surface area contributed by atoms with E-state index in [9.17, 15) is 0 Å². The number of benzene rings is 3. The maximum atomic E-state index is 2.17. The smallest absolute Gasteiger partial charge is 0.0395 e. The van der Waals surface area contributed by atoms with Crippen molar-refractivity contribution in [3.63, 3.8) is 0 Å². The summed E-state index contributed by atoms with van der Waals surface area (Å²) < 4.78 is 0. The molecule has 0 unspecified atom stereocenters. The minimum absolute atomic E-state index is 0. The summed E-state index contributed by atoms with van der Waals surface area (Å²) >= 11 is 0. The molecule has 0 spiro atoms. The van der Waals surface area contributed by atoms with Crippen molar-refractivity contribution in [2.24, 2.45) is 0 Å². The molecule has 0 N–H and O–H groups in total. The third-order valence-corrected chi connectivity index (χ3v) is 3.82. The summed E-state index contributed by atoms with van der Waals surface area (Å²) in [4.78, 5) is 0. The molecule has 0 saturated heterocycles. The number of hydrogen-bond acceptors (Lipinski definition) is 0. The second-order valence-corrected chi connectivity index (χ2v) is 6.40. The van der Waals surface area contributed by atoms with E-state index in [1.165, 1.54) is 33.4 Å². The van der Waals surface area contributed by atoms with Gasteiger partial charge in [0.15, 0.2) is 0 Å². The molecule has 0 heterocycles. The predicted molar refractivity (Wildman–Crippen MR) is 155 cm³/mol. The Morgan fingerprint density at radius 1 is 0.344 bits per heavy atom. The van der Waals surface area contributed by atoms with E-state index in [1.807, 2.05) is 41.5 Å². The summed E-state index contributed by atoms with van der Waals surface area (Å²) in [5, 5.41) is 0. The van der Waals surface area contributed by atoms with E-state index in [-0.39, 0.29) is 14.9 Å². The van der Waals surface area contributed by atoms with Gasteiger partial charge in [-0.05, 0) is 52.7 Å². The molecule has 32 heavy (non-hydrogen) atoms. The van der Waals surface area contributed by atoms with E-state index in [2.05, 4.69) is 114 Å². The van der Waals surface area contributed by atoms with Crippen molar-refractivity contribution in [3.8, 4) is 0 Å². The average molecular weight is 441 g/mol. The van der Waals surface area contributed by atoms with Crippen molar-refractivity contribution in [3.05, 3.63) is 106 Å². The molecular formula is C32H56. The predicted octanol–water partition coefficient (Wildman–Crippen LogP) is 11.3. The van der Waals surface area contributed by atoms with Crippen molar-refractivity contribution in [1.29, 1.82) is 0 Å². The number of hydrogen-bond donors (Lipinski definition) is 0. The summed E-state index contributed by atoms with van der Waals surface area (Å²) in [5.41, 5.74) is 8.07. The summed E-state index contributed by atoms with van der Waals surface area (Å²) in [6.45, 7) is 24.6. The van der Waals surface area contributed by atoms with E-state index in [0.29, 0.717) is 0 Å². The molecular weight excluding hydrogens is 384 g/mol. The van der Waals surface area contributed by atoms with Gasteiger partial charge in [-0.3, -0.25) is 0 Å². The lowest BCUT2D eigenvalue weighted by Gasteiger charge is -1.93. The van der Waals surface area contributed by atoms with Crippen LogP contribution >= 0.6 is 0 Å². The van der Waals surface area contributed by atoms with Gasteiger partial charge in [0.2, 0.25) is 0 Å². The number of rotatable bonds is 0. The Labute approximate surface area is 204 Å². The molecule has 0 atom stereocenters. The van der Waals surface area contributed by atoms with Crippen LogP contribution in [0.1, 0.15) is 89.8 Å². The second-order valence-electron chi connectivity index (χ2n) is 6.40. The largest absolute Gasteiger partial charge is 0.0776 e. The fraction of sp³-hybridized carbons (Fsp3) is 0.438. The van der Waals surface area contributed by atoms with Crippen molar-refractivity contribution in [1.82, 2.24) is 0 Å². The van der Waals surface area contributed by atoms with Gasteiger partial charge in [-0.25, -0.2) is 0 Å². The molecule has 0 amide bonds. The van der Waals surface area contributed by atoms with Gasteiger partial charge in [-0.1, -0.05) is 151 Å². The van der Waals surface area contributed by atoms with Crippen molar-refractivity contribution in [2.75, 3.05) is 0 Å². The van der Waals surface area contributed by atoms with E-state index in [0.717, 1.165) is 0 Å². The third-order valence-electron chi connectivity index (χ3n) is 3.82. The van der Waals surface area contributed by atoms with Gasteiger partial charge in [-0.2, -0.15) is 0 Å². The van der Waals surface area contributed by atoms with Crippen LogP contribution in [0.5, 0.6) is 0 Å².